The van der Waals surface area contributed by atoms with Crippen LogP contribution >= 0.6 is 35.8 Å². The van der Waals surface area contributed by atoms with Crippen molar-refractivity contribution in [3.63, 3.8) is 0 Å². The molecule has 25 heavy (non-hydrogen) atoms. The van der Waals surface area contributed by atoms with E-state index < -0.39 is 11.1 Å². The number of rotatable bonds is 6. The van der Waals surface area contributed by atoms with Gasteiger partial charge >= 0.3 is 0 Å². The van der Waals surface area contributed by atoms with Gasteiger partial charge < -0.3 is 10.6 Å². The molecule has 7 heteroatoms. The first-order valence-electron chi connectivity index (χ1n) is 7.78. The maximum absolute atomic E-state index is 13.3. The van der Waals surface area contributed by atoms with Crippen LogP contribution < -0.4 is 10.6 Å². The smallest absolute Gasteiger partial charge is 0.238 e. The van der Waals surface area contributed by atoms with Crippen molar-refractivity contribution < 1.29 is 9.18 Å². The standard InChI is InChI=1S/C18H18ClFN2OS.ClH/c19-15-8-14(6-7-16(15)20)24-17(13-4-2-1-3-5-13)18(23)22-11-12-9-21-10-12;/h1-8,12,17,21H,9-11H2,(H,22,23);1H. The Labute approximate surface area is 162 Å². The molecule has 0 aromatic heterocycles. The zero-order valence-electron chi connectivity index (χ0n) is 13.4. The van der Waals surface area contributed by atoms with Crippen molar-refractivity contribution in [3.05, 3.63) is 64.9 Å². The van der Waals surface area contributed by atoms with Gasteiger partial charge in [0, 0.05) is 30.4 Å². The topological polar surface area (TPSA) is 41.1 Å². The molecule has 3 nitrogen and oxygen atoms in total. The number of halogens is 3. The van der Waals surface area contributed by atoms with Gasteiger partial charge in [0.2, 0.25) is 5.91 Å². The van der Waals surface area contributed by atoms with Crippen LogP contribution in [0.4, 0.5) is 4.39 Å². The molecule has 1 amide bonds. The number of carbonyl (C=O) groups is 1. The molecule has 2 aromatic carbocycles. The molecule has 1 saturated heterocycles. The maximum atomic E-state index is 13.3. The van der Waals surface area contributed by atoms with Crippen LogP contribution in [0, 0.1) is 11.7 Å². The monoisotopic (exact) mass is 400 g/mol. The fourth-order valence-electron chi connectivity index (χ4n) is 2.42. The molecule has 1 aliphatic heterocycles. The number of carbonyl (C=O) groups excluding carboxylic acids is 1. The second-order valence-corrected chi connectivity index (χ2v) is 7.34. The Morgan fingerprint density at radius 3 is 2.60 bits per heavy atom. The van der Waals surface area contributed by atoms with Crippen LogP contribution in [0.1, 0.15) is 10.8 Å². The quantitative estimate of drug-likeness (QED) is 0.717. The third-order valence-corrected chi connectivity index (χ3v) is 5.45. The minimum Gasteiger partial charge on any atom is -0.354 e. The van der Waals surface area contributed by atoms with Gasteiger partial charge in [-0.1, -0.05) is 41.9 Å². The first kappa shape index (κ1) is 20.0. The van der Waals surface area contributed by atoms with E-state index in [2.05, 4.69) is 10.6 Å². The van der Waals surface area contributed by atoms with Crippen molar-refractivity contribution in [2.45, 2.75) is 10.1 Å². The van der Waals surface area contributed by atoms with Crippen molar-refractivity contribution in [2.75, 3.05) is 19.6 Å². The summed E-state index contributed by atoms with van der Waals surface area (Å²) in [6, 6.07) is 14.1. The molecule has 0 bridgehead atoms. The van der Waals surface area contributed by atoms with Gasteiger partial charge in [0.1, 0.15) is 11.1 Å². The summed E-state index contributed by atoms with van der Waals surface area (Å²) in [7, 11) is 0. The fourth-order valence-corrected chi connectivity index (χ4v) is 3.75. The van der Waals surface area contributed by atoms with Crippen LogP contribution in [0.15, 0.2) is 53.4 Å². The lowest BCUT2D eigenvalue weighted by Crippen LogP contribution is -2.48. The molecule has 0 saturated carbocycles. The summed E-state index contributed by atoms with van der Waals surface area (Å²) in [5.41, 5.74) is 0.909. The molecule has 2 aromatic rings. The van der Waals surface area contributed by atoms with Gasteiger partial charge in [0.25, 0.3) is 0 Å². The van der Waals surface area contributed by atoms with Crippen LogP contribution in [0.3, 0.4) is 0 Å². The molecule has 1 fully saturated rings. The predicted octanol–water partition coefficient (Wildman–Crippen LogP) is 4.07. The summed E-state index contributed by atoms with van der Waals surface area (Å²) in [4.78, 5) is 13.4. The van der Waals surface area contributed by atoms with Gasteiger partial charge in [0.05, 0.1) is 5.02 Å². The molecular formula is C18H19Cl2FN2OS. The normalized spacial score (nSPS) is 15.0. The number of benzene rings is 2. The summed E-state index contributed by atoms with van der Waals surface area (Å²) >= 11 is 7.23. The van der Waals surface area contributed by atoms with Crippen molar-refractivity contribution in [1.29, 1.82) is 0 Å². The zero-order chi connectivity index (χ0) is 16.9. The summed E-state index contributed by atoms with van der Waals surface area (Å²) in [6.45, 7) is 2.55. The van der Waals surface area contributed by atoms with Crippen LogP contribution in [-0.2, 0) is 4.79 Å². The number of amides is 1. The predicted molar refractivity (Wildman–Crippen MR) is 103 cm³/mol. The Morgan fingerprint density at radius 2 is 2.00 bits per heavy atom. The highest BCUT2D eigenvalue weighted by molar-refractivity contribution is 8.00. The highest BCUT2D eigenvalue weighted by atomic mass is 35.5. The summed E-state index contributed by atoms with van der Waals surface area (Å²) < 4.78 is 13.3. The Kier molecular flexibility index (Phi) is 7.56. The van der Waals surface area contributed by atoms with E-state index in [9.17, 15) is 9.18 Å². The van der Waals surface area contributed by atoms with E-state index in [0.717, 1.165) is 23.5 Å². The van der Waals surface area contributed by atoms with Gasteiger partial charge in [-0.3, -0.25) is 4.79 Å². The molecule has 134 valence electrons. The van der Waals surface area contributed by atoms with Crippen molar-refractivity contribution >= 4 is 41.7 Å². The van der Waals surface area contributed by atoms with Crippen LogP contribution in [0.5, 0.6) is 0 Å². The number of thioether (sulfide) groups is 1. The molecular weight excluding hydrogens is 382 g/mol. The molecule has 1 heterocycles. The fraction of sp³-hybridized carbons (Fsp3) is 0.278. The van der Waals surface area contributed by atoms with Crippen molar-refractivity contribution in [2.24, 2.45) is 5.92 Å². The van der Waals surface area contributed by atoms with E-state index in [1.165, 1.54) is 17.8 Å². The van der Waals surface area contributed by atoms with E-state index in [1.54, 1.807) is 12.1 Å². The molecule has 0 aliphatic carbocycles. The Hall–Kier alpha value is -1.27. The number of hydrogen-bond acceptors (Lipinski definition) is 3. The molecule has 3 rings (SSSR count). The molecule has 0 spiro atoms. The first-order valence-corrected chi connectivity index (χ1v) is 9.04. The van der Waals surface area contributed by atoms with E-state index in [1.807, 2.05) is 30.3 Å². The lowest BCUT2D eigenvalue weighted by Gasteiger charge is -2.28. The maximum Gasteiger partial charge on any atom is 0.238 e. The average Bonchev–Trinajstić information content (AvgIpc) is 2.55. The third-order valence-electron chi connectivity index (χ3n) is 3.92. The molecule has 1 unspecified atom stereocenters. The van der Waals surface area contributed by atoms with Gasteiger partial charge in [0.15, 0.2) is 0 Å². The summed E-state index contributed by atoms with van der Waals surface area (Å²) in [5, 5.41) is 5.87. The van der Waals surface area contributed by atoms with Gasteiger partial charge in [-0.25, -0.2) is 4.39 Å². The van der Waals surface area contributed by atoms with Gasteiger partial charge in [-0.2, -0.15) is 0 Å². The Morgan fingerprint density at radius 1 is 1.28 bits per heavy atom. The van der Waals surface area contributed by atoms with Crippen LogP contribution in [-0.4, -0.2) is 25.5 Å². The summed E-state index contributed by atoms with van der Waals surface area (Å²) in [6.07, 6.45) is 0. The Balaban J connectivity index is 0.00000225. The molecule has 2 N–H and O–H groups in total. The largest absolute Gasteiger partial charge is 0.354 e. The van der Waals surface area contributed by atoms with E-state index in [0.29, 0.717) is 12.5 Å². The highest BCUT2D eigenvalue weighted by Crippen LogP contribution is 2.36. The van der Waals surface area contributed by atoms with Gasteiger partial charge in [-0.05, 0) is 23.8 Å². The lowest BCUT2D eigenvalue weighted by molar-refractivity contribution is -0.120. The first-order chi connectivity index (χ1) is 11.6. The molecule has 1 aliphatic rings. The van der Waals surface area contributed by atoms with E-state index in [4.69, 9.17) is 11.6 Å². The minimum atomic E-state index is -0.459. The number of hydrogen-bond donors (Lipinski definition) is 2. The van der Waals surface area contributed by atoms with Gasteiger partial charge in [-0.15, -0.1) is 24.2 Å². The highest BCUT2D eigenvalue weighted by Gasteiger charge is 2.24. The van der Waals surface area contributed by atoms with Crippen molar-refractivity contribution in [1.82, 2.24) is 10.6 Å². The van der Waals surface area contributed by atoms with E-state index >= 15 is 0 Å². The number of nitrogens with one attached hydrogen (secondary N) is 2. The SMILES string of the molecule is Cl.O=C(NCC1CNC1)C(Sc1ccc(F)c(Cl)c1)c1ccccc1. The third kappa shape index (κ3) is 5.35. The van der Waals surface area contributed by atoms with E-state index in [-0.39, 0.29) is 23.3 Å². The zero-order valence-corrected chi connectivity index (χ0v) is 15.8. The average molecular weight is 401 g/mol. The molecule has 1 atom stereocenters. The second-order valence-electron chi connectivity index (χ2n) is 5.75. The lowest BCUT2D eigenvalue weighted by atomic mass is 10.0. The van der Waals surface area contributed by atoms with Crippen LogP contribution in [0.2, 0.25) is 5.02 Å². The summed E-state index contributed by atoms with van der Waals surface area (Å²) in [5.74, 6) is -0.00611. The minimum absolute atomic E-state index is 0. The second kappa shape index (κ2) is 9.43. The van der Waals surface area contributed by atoms with Crippen molar-refractivity contribution in [3.8, 4) is 0 Å². The van der Waals surface area contributed by atoms with Crippen LogP contribution in [0.25, 0.3) is 0 Å². The molecule has 0 radical (unpaired) electrons. The Bertz CT molecular complexity index is 713.